The van der Waals surface area contributed by atoms with Gasteiger partial charge in [0, 0.05) is 56.3 Å². The number of fused-ring (bicyclic) bond motifs is 9. The van der Waals surface area contributed by atoms with Crippen LogP contribution in [-0.2, 0) is 0 Å². The van der Waals surface area contributed by atoms with Gasteiger partial charge >= 0.3 is 0 Å². The normalized spacial score (nSPS) is 11.6. The van der Waals surface area contributed by atoms with Gasteiger partial charge in [-0.1, -0.05) is 164 Å². The number of rotatable bonds is 6. The van der Waals surface area contributed by atoms with E-state index < -0.39 is 0 Å². The van der Waals surface area contributed by atoms with Crippen LogP contribution in [0.2, 0.25) is 0 Å². The Morgan fingerprint density at radius 1 is 0.279 bits per heavy atom. The summed E-state index contributed by atoms with van der Waals surface area (Å²) in [5.74, 6) is 1.82. The van der Waals surface area contributed by atoms with Gasteiger partial charge in [-0.3, -0.25) is 9.97 Å². The predicted molar refractivity (Wildman–Crippen MR) is 249 cm³/mol. The molecule has 284 valence electrons. The van der Waals surface area contributed by atoms with E-state index in [2.05, 4.69) is 187 Å². The maximum Gasteiger partial charge on any atom is 0.164 e. The Labute approximate surface area is 351 Å². The summed E-state index contributed by atoms with van der Waals surface area (Å²) < 4.78 is 2.35. The van der Waals surface area contributed by atoms with E-state index in [0.29, 0.717) is 17.5 Å². The molecule has 0 radical (unpaired) electrons. The lowest BCUT2D eigenvalue weighted by Crippen LogP contribution is -2.01. The summed E-state index contributed by atoms with van der Waals surface area (Å²) >= 11 is 0. The van der Waals surface area contributed by atoms with Crippen molar-refractivity contribution in [3.63, 3.8) is 0 Å². The van der Waals surface area contributed by atoms with Crippen molar-refractivity contribution in [2.24, 2.45) is 0 Å². The van der Waals surface area contributed by atoms with Crippen LogP contribution < -0.4 is 0 Å². The van der Waals surface area contributed by atoms with Gasteiger partial charge in [-0.15, -0.1) is 0 Å². The summed E-state index contributed by atoms with van der Waals surface area (Å²) in [5.41, 5.74) is 12.3. The molecule has 0 saturated heterocycles. The van der Waals surface area contributed by atoms with E-state index in [4.69, 9.17) is 24.9 Å². The molecule has 3 aromatic heterocycles. The first-order valence-corrected chi connectivity index (χ1v) is 20.4. The number of hydrogen-bond donors (Lipinski definition) is 0. The molecule has 0 amide bonds. The summed E-state index contributed by atoms with van der Waals surface area (Å²) in [5, 5.41) is 6.84. The molecule has 0 aliphatic carbocycles. The Balaban J connectivity index is 1.04. The highest BCUT2D eigenvalue weighted by molar-refractivity contribution is 6.27. The second-order valence-electron chi connectivity index (χ2n) is 15.3. The third-order valence-electron chi connectivity index (χ3n) is 11.7. The van der Waals surface area contributed by atoms with Crippen molar-refractivity contribution in [3.05, 3.63) is 207 Å². The highest BCUT2D eigenvalue weighted by atomic mass is 15.0. The summed E-state index contributed by atoms with van der Waals surface area (Å²) in [4.78, 5) is 25.1. The summed E-state index contributed by atoms with van der Waals surface area (Å²) in [7, 11) is 0. The molecule has 0 unspecified atom stereocenters. The van der Waals surface area contributed by atoms with Crippen molar-refractivity contribution < 1.29 is 0 Å². The highest BCUT2D eigenvalue weighted by Crippen LogP contribution is 2.40. The number of aromatic nitrogens is 6. The highest BCUT2D eigenvalue weighted by Gasteiger charge is 2.19. The molecule has 6 nitrogen and oxygen atoms in total. The molecule has 12 rings (SSSR count). The summed E-state index contributed by atoms with van der Waals surface area (Å²) in [6, 6.07) is 68.0. The molecule has 0 atom stereocenters. The van der Waals surface area contributed by atoms with Crippen molar-refractivity contribution >= 4 is 54.4 Å². The third kappa shape index (κ3) is 5.92. The van der Waals surface area contributed by atoms with Crippen LogP contribution in [-0.4, -0.2) is 29.5 Å². The van der Waals surface area contributed by atoms with Gasteiger partial charge in [-0.25, -0.2) is 15.0 Å². The molecule has 6 heteroatoms. The average molecular weight is 779 g/mol. The van der Waals surface area contributed by atoms with Gasteiger partial charge in [0.25, 0.3) is 0 Å². The van der Waals surface area contributed by atoms with Crippen LogP contribution in [0.25, 0.3) is 116 Å². The van der Waals surface area contributed by atoms with Crippen LogP contribution in [0, 0.1) is 0 Å². The number of benzene rings is 9. The lowest BCUT2D eigenvalue weighted by molar-refractivity contribution is 1.07. The Bertz CT molecular complexity index is 3520. The second kappa shape index (κ2) is 14.2. The quantitative estimate of drug-likeness (QED) is 0.157. The molecular formula is C55H34N6. The van der Waals surface area contributed by atoms with Crippen LogP contribution >= 0.6 is 0 Å². The number of para-hydroxylation sites is 1. The average Bonchev–Trinajstić information content (AvgIpc) is 3.67. The fourth-order valence-corrected chi connectivity index (χ4v) is 8.80. The zero-order chi connectivity index (χ0) is 40.3. The van der Waals surface area contributed by atoms with Crippen LogP contribution in [0.15, 0.2) is 207 Å². The van der Waals surface area contributed by atoms with E-state index in [-0.39, 0.29) is 0 Å². The standard InChI is InChI=1S/C55H34N6/c1-3-12-35(13-4-1)37-22-26-39(27-23-37)53-58-54(40-28-24-38(25-29-40)36-14-5-2-6-15-36)60-55(59-53)41-16-11-17-42(32-41)61-49-21-10-9-19-44(49)47-33-46-43-18-7-8-20-45(43)51-52(57-31-30-56-51)48(46)34-50(47)61/h1-34H. The molecule has 0 spiro atoms. The molecule has 61 heavy (non-hydrogen) atoms. The largest absolute Gasteiger partial charge is 0.309 e. The predicted octanol–water partition coefficient (Wildman–Crippen LogP) is 13.6. The first-order chi connectivity index (χ1) is 30.2. The van der Waals surface area contributed by atoms with Gasteiger partial charge in [0.05, 0.1) is 22.1 Å². The van der Waals surface area contributed by atoms with Crippen molar-refractivity contribution in [3.8, 4) is 62.1 Å². The van der Waals surface area contributed by atoms with Crippen molar-refractivity contribution in [1.82, 2.24) is 29.5 Å². The van der Waals surface area contributed by atoms with Crippen molar-refractivity contribution in [1.29, 1.82) is 0 Å². The van der Waals surface area contributed by atoms with Gasteiger partial charge in [0.2, 0.25) is 0 Å². The molecule has 12 aromatic rings. The zero-order valence-electron chi connectivity index (χ0n) is 32.8. The Kier molecular flexibility index (Phi) is 8.06. The minimum Gasteiger partial charge on any atom is -0.309 e. The molecular weight excluding hydrogens is 745 g/mol. The van der Waals surface area contributed by atoms with Crippen LogP contribution in [0.3, 0.4) is 0 Å². The molecule has 0 bridgehead atoms. The molecule has 9 aromatic carbocycles. The Hall–Kier alpha value is -8.35. The van der Waals surface area contributed by atoms with Crippen LogP contribution in [0.4, 0.5) is 0 Å². The van der Waals surface area contributed by atoms with Gasteiger partial charge < -0.3 is 4.57 Å². The third-order valence-corrected chi connectivity index (χ3v) is 11.7. The second-order valence-corrected chi connectivity index (χ2v) is 15.3. The van der Waals surface area contributed by atoms with Crippen molar-refractivity contribution in [2.75, 3.05) is 0 Å². The maximum absolute atomic E-state index is 5.17. The lowest BCUT2D eigenvalue weighted by Gasteiger charge is -2.13. The molecule has 0 fully saturated rings. The van der Waals surface area contributed by atoms with E-state index in [0.717, 1.165) is 88.2 Å². The maximum atomic E-state index is 5.17. The van der Waals surface area contributed by atoms with Gasteiger partial charge in [-0.05, 0) is 63.4 Å². The molecule has 3 heterocycles. The van der Waals surface area contributed by atoms with Gasteiger partial charge in [-0.2, -0.15) is 0 Å². The Morgan fingerprint density at radius 3 is 1.38 bits per heavy atom. The first kappa shape index (κ1) is 34.7. The smallest absolute Gasteiger partial charge is 0.164 e. The van der Waals surface area contributed by atoms with E-state index in [9.17, 15) is 0 Å². The summed E-state index contributed by atoms with van der Waals surface area (Å²) in [6.45, 7) is 0. The SMILES string of the molecule is c1ccc(-c2ccc(-c3nc(-c4ccc(-c5ccccc5)cc4)nc(-c4cccc(-n5c6ccccc6c6cc7c8ccccc8c8nccnc8c7cc65)c4)n3)cc2)cc1. The van der Waals surface area contributed by atoms with Gasteiger partial charge in [0.1, 0.15) is 0 Å². The van der Waals surface area contributed by atoms with E-state index in [1.165, 1.54) is 10.8 Å². The molecule has 0 aliphatic rings. The van der Waals surface area contributed by atoms with Gasteiger partial charge in [0.15, 0.2) is 17.5 Å². The molecule has 0 N–H and O–H groups in total. The van der Waals surface area contributed by atoms with E-state index in [1.807, 2.05) is 12.1 Å². The molecule has 0 saturated carbocycles. The van der Waals surface area contributed by atoms with Crippen LogP contribution in [0.1, 0.15) is 0 Å². The van der Waals surface area contributed by atoms with Crippen molar-refractivity contribution in [2.45, 2.75) is 0 Å². The minimum atomic E-state index is 0.597. The molecule has 0 aliphatic heterocycles. The minimum absolute atomic E-state index is 0.597. The first-order valence-electron chi connectivity index (χ1n) is 20.4. The zero-order valence-corrected chi connectivity index (χ0v) is 32.8. The van der Waals surface area contributed by atoms with E-state index in [1.54, 1.807) is 12.4 Å². The summed E-state index contributed by atoms with van der Waals surface area (Å²) in [6.07, 6.45) is 3.56. The monoisotopic (exact) mass is 778 g/mol. The number of nitrogens with zero attached hydrogens (tertiary/aromatic N) is 6. The van der Waals surface area contributed by atoms with E-state index >= 15 is 0 Å². The fourth-order valence-electron chi connectivity index (χ4n) is 8.80. The Morgan fingerprint density at radius 2 is 0.754 bits per heavy atom. The fraction of sp³-hybridized carbons (Fsp3) is 0. The van der Waals surface area contributed by atoms with Crippen LogP contribution in [0.5, 0.6) is 0 Å². The number of hydrogen-bond acceptors (Lipinski definition) is 5. The topological polar surface area (TPSA) is 69.4 Å². The lowest BCUT2D eigenvalue weighted by atomic mass is 9.97.